The van der Waals surface area contributed by atoms with Crippen molar-refractivity contribution in [1.29, 1.82) is 0 Å². The molecule has 0 aliphatic rings. The first-order chi connectivity index (χ1) is 15.7. The molecule has 2 aromatic heterocycles. The summed E-state index contributed by atoms with van der Waals surface area (Å²) in [7, 11) is 0. The van der Waals surface area contributed by atoms with Crippen molar-refractivity contribution < 1.29 is 24.6 Å². The number of carbonyl (C=O) groups excluding carboxylic acids is 1. The zero-order chi connectivity index (χ0) is 23.7. The highest BCUT2D eigenvalue weighted by molar-refractivity contribution is 7.20. The molecule has 0 fully saturated rings. The average Bonchev–Trinajstić information content (AvgIpc) is 3.13. The van der Waals surface area contributed by atoms with Gasteiger partial charge in [-0.1, -0.05) is 30.3 Å². The second-order valence-corrected chi connectivity index (χ2v) is 8.26. The van der Waals surface area contributed by atoms with Crippen molar-refractivity contribution in [3.05, 3.63) is 92.3 Å². The molecule has 0 radical (unpaired) electrons. The van der Waals surface area contributed by atoms with E-state index in [4.69, 9.17) is 0 Å². The third-order valence-electron chi connectivity index (χ3n) is 5.00. The Morgan fingerprint density at radius 1 is 1.03 bits per heavy atom. The fourth-order valence-corrected chi connectivity index (χ4v) is 4.44. The Bertz CT molecular complexity index is 1440. The van der Waals surface area contributed by atoms with Crippen molar-refractivity contribution in [3.8, 4) is 0 Å². The van der Waals surface area contributed by atoms with E-state index in [2.05, 4.69) is 10.3 Å². The smallest absolute Gasteiger partial charge is 0.335 e. The van der Waals surface area contributed by atoms with Crippen LogP contribution in [0.15, 0.2) is 59.7 Å². The molecular weight excluding hydrogens is 446 g/mol. The summed E-state index contributed by atoms with van der Waals surface area (Å²) in [6, 6.07) is 12.8. The zero-order valence-electron chi connectivity index (χ0n) is 17.2. The maximum atomic E-state index is 13.1. The number of hydrogen-bond donors (Lipinski definition) is 3. The first-order valence-corrected chi connectivity index (χ1v) is 10.5. The van der Waals surface area contributed by atoms with Gasteiger partial charge in [-0.15, -0.1) is 11.3 Å². The number of carbonyl (C=O) groups is 3. The SMILES string of the molecule is Cc1c(C(=O)Nc2cc(C(=O)O)cc(C(=O)O)c2)sc2ncn(Cc3ccccc3)c(=O)c12. The summed E-state index contributed by atoms with van der Waals surface area (Å²) in [6.45, 7) is 1.97. The molecule has 1 amide bonds. The Balaban J connectivity index is 1.69. The number of thiophene rings is 1. The van der Waals surface area contributed by atoms with Gasteiger partial charge in [0.2, 0.25) is 0 Å². The number of fused-ring (bicyclic) bond motifs is 1. The molecule has 0 atom stereocenters. The van der Waals surface area contributed by atoms with E-state index in [1.165, 1.54) is 23.0 Å². The molecule has 0 unspecified atom stereocenters. The minimum atomic E-state index is -1.32. The number of benzene rings is 2. The Hall–Kier alpha value is -4.31. The summed E-state index contributed by atoms with van der Waals surface area (Å²) >= 11 is 1.03. The molecule has 0 spiro atoms. The number of amides is 1. The van der Waals surface area contributed by atoms with Crippen molar-refractivity contribution in [3.63, 3.8) is 0 Å². The minimum Gasteiger partial charge on any atom is -0.478 e. The van der Waals surface area contributed by atoms with Crippen LogP contribution in [0.3, 0.4) is 0 Å². The van der Waals surface area contributed by atoms with Gasteiger partial charge in [-0.05, 0) is 36.2 Å². The number of carboxylic acid groups (broad SMARTS) is 2. The molecule has 0 aliphatic carbocycles. The number of nitrogens with one attached hydrogen (secondary N) is 1. The normalized spacial score (nSPS) is 10.8. The van der Waals surface area contributed by atoms with Crippen LogP contribution >= 0.6 is 11.3 Å². The lowest BCUT2D eigenvalue weighted by Gasteiger charge is -2.07. The number of anilines is 1. The highest BCUT2D eigenvalue weighted by Gasteiger charge is 2.21. The lowest BCUT2D eigenvalue weighted by Crippen LogP contribution is -2.21. The Morgan fingerprint density at radius 3 is 2.27 bits per heavy atom. The molecule has 2 aromatic carbocycles. The van der Waals surface area contributed by atoms with Gasteiger partial charge in [-0.25, -0.2) is 14.6 Å². The number of aryl methyl sites for hydroxylation is 1. The number of rotatable bonds is 6. The van der Waals surface area contributed by atoms with E-state index < -0.39 is 17.8 Å². The molecule has 166 valence electrons. The fourth-order valence-electron chi connectivity index (χ4n) is 3.40. The van der Waals surface area contributed by atoms with Gasteiger partial charge in [0.25, 0.3) is 11.5 Å². The lowest BCUT2D eigenvalue weighted by atomic mass is 10.1. The van der Waals surface area contributed by atoms with E-state index in [0.717, 1.165) is 23.0 Å². The largest absolute Gasteiger partial charge is 0.478 e. The second-order valence-electron chi connectivity index (χ2n) is 7.26. The van der Waals surface area contributed by atoms with Crippen LogP contribution in [-0.2, 0) is 6.54 Å². The predicted octanol–water partition coefficient (Wildman–Crippen LogP) is 3.46. The lowest BCUT2D eigenvalue weighted by molar-refractivity contribution is 0.0696. The average molecular weight is 463 g/mol. The zero-order valence-corrected chi connectivity index (χ0v) is 18.0. The van der Waals surface area contributed by atoms with E-state index in [1.807, 2.05) is 30.3 Å². The van der Waals surface area contributed by atoms with Crippen molar-refractivity contribution in [2.75, 3.05) is 5.32 Å². The van der Waals surface area contributed by atoms with Crippen molar-refractivity contribution in [2.24, 2.45) is 0 Å². The Labute approximate surface area is 190 Å². The van der Waals surface area contributed by atoms with Crippen molar-refractivity contribution >= 4 is 45.1 Å². The number of aromatic nitrogens is 2. The van der Waals surface area contributed by atoms with Crippen LogP contribution in [0.1, 0.15) is 41.5 Å². The molecular formula is C23H17N3O6S. The van der Waals surface area contributed by atoms with E-state index in [-0.39, 0.29) is 27.3 Å². The van der Waals surface area contributed by atoms with Crippen LogP contribution in [-0.4, -0.2) is 37.6 Å². The van der Waals surface area contributed by atoms with Crippen LogP contribution in [0.25, 0.3) is 10.2 Å². The van der Waals surface area contributed by atoms with E-state index in [9.17, 15) is 29.4 Å². The molecule has 0 aliphatic heterocycles. The number of aromatic carboxylic acids is 2. The highest BCUT2D eigenvalue weighted by Crippen LogP contribution is 2.28. The summed E-state index contributed by atoms with van der Waals surface area (Å²) in [4.78, 5) is 53.5. The second kappa shape index (κ2) is 8.67. The number of carboxylic acids is 2. The predicted molar refractivity (Wildman–Crippen MR) is 122 cm³/mol. The summed E-state index contributed by atoms with van der Waals surface area (Å²) in [6.07, 6.45) is 1.44. The molecule has 10 heteroatoms. The van der Waals surface area contributed by atoms with Crippen LogP contribution in [0.5, 0.6) is 0 Å². The molecule has 2 heterocycles. The van der Waals surface area contributed by atoms with Crippen LogP contribution in [0, 0.1) is 6.92 Å². The van der Waals surface area contributed by atoms with Crippen LogP contribution < -0.4 is 10.9 Å². The Kier molecular flexibility index (Phi) is 5.76. The van der Waals surface area contributed by atoms with Gasteiger partial charge in [0, 0.05) is 5.69 Å². The van der Waals surface area contributed by atoms with Crippen molar-refractivity contribution in [2.45, 2.75) is 13.5 Å². The van der Waals surface area contributed by atoms with Gasteiger partial charge < -0.3 is 15.5 Å². The topological polar surface area (TPSA) is 139 Å². The van der Waals surface area contributed by atoms with E-state index in [0.29, 0.717) is 22.3 Å². The minimum absolute atomic E-state index is 0.0172. The third-order valence-corrected chi connectivity index (χ3v) is 6.20. The monoisotopic (exact) mass is 463 g/mol. The van der Waals surface area contributed by atoms with E-state index in [1.54, 1.807) is 6.92 Å². The molecule has 0 saturated heterocycles. The number of nitrogens with zero attached hydrogens (tertiary/aromatic N) is 2. The Morgan fingerprint density at radius 2 is 1.67 bits per heavy atom. The maximum absolute atomic E-state index is 13.1. The molecule has 4 rings (SSSR count). The molecule has 4 aromatic rings. The van der Waals surface area contributed by atoms with Gasteiger partial charge in [-0.2, -0.15) is 0 Å². The van der Waals surface area contributed by atoms with Gasteiger partial charge in [0.05, 0.1) is 34.3 Å². The molecule has 0 bridgehead atoms. The van der Waals surface area contributed by atoms with Crippen LogP contribution in [0.2, 0.25) is 0 Å². The molecule has 0 saturated carbocycles. The summed E-state index contributed by atoms with van der Waals surface area (Å²) < 4.78 is 1.47. The molecule has 3 N–H and O–H groups in total. The van der Waals surface area contributed by atoms with Crippen LogP contribution in [0.4, 0.5) is 5.69 Å². The highest BCUT2D eigenvalue weighted by atomic mass is 32.1. The first kappa shape index (κ1) is 21.9. The third kappa shape index (κ3) is 4.37. The van der Waals surface area contributed by atoms with Gasteiger partial charge in [0.15, 0.2) is 0 Å². The number of hydrogen-bond acceptors (Lipinski definition) is 6. The van der Waals surface area contributed by atoms with Gasteiger partial charge in [0.1, 0.15) is 4.83 Å². The summed E-state index contributed by atoms with van der Waals surface area (Å²) in [5, 5.41) is 21.3. The maximum Gasteiger partial charge on any atom is 0.335 e. The molecule has 33 heavy (non-hydrogen) atoms. The van der Waals surface area contributed by atoms with Gasteiger partial charge >= 0.3 is 11.9 Å². The van der Waals surface area contributed by atoms with Crippen molar-refractivity contribution in [1.82, 2.24) is 9.55 Å². The fraction of sp³-hybridized carbons (Fsp3) is 0.0870. The standard InChI is InChI=1S/C23H17N3O6S/c1-12-17-20(24-11-26(21(17)28)10-13-5-3-2-4-6-13)33-18(12)19(27)25-16-8-14(22(29)30)7-15(9-16)23(31)32/h2-9,11H,10H2,1H3,(H,25,27)(H,29,30)(H,31,32). The summed E-state index contributed by atoms with van der Waals surface area (Å²) in [5.41, 5.74) is 0.563. The quantitative estimate of drug-likeness (QED) is 0.398. The summed E-state index contributed by atoms with van der Waals surface area (Å²) in [5.74, 6) is -3.24. The van der Waals surface area contributed by atoms with E-state index >= 15 is 0 Å². The van der Waals surface area contributed by atoms with Gasteiger partial charge in [-0.3, -0.25) is 14.2 Å². The first-order valence-electron chi connectivity index (χ1n) is 9.70. The molecule has 9 nitrogen and oxygen atoms in total.